The van der Waals surface area contributed by atoms with Gasteiger partial charge in [0, 0.05) is 6.04 Å². The van der Waals surface area contributed by atoms with E-state index in [1.54, 1.807) is 0 Å². The van der Waals surface area contributed by atoms with E-state index in [1.165, 1.54) is 0 Å². The van der Waals surface area contributed by atoms with Gasteiger partial charge in [0.05, 0.1) is 6.04 Å². The molecular weight excluding hydrogens is 188 g/mol. The number of furan rings is 1. The summed E-state index contributed by atoms with van der Waals surface area (Å²) in [6.07, 6.45) is 4.44. The van der Waals surface area contributed by atoms with Gasteiger partial charge in [0.1, 0.15) is 11.5 Å². The minimum Gasteiger partial charge on any atom is -0.465 e. The molecule has 0 aliphatic heterocycles. The maximum atomic E-state index is 6.19. The smallest absolute Gasteiger partial charge is 0.121 e. The monoisotopic (exact) mass is 208 g/mol. The average Bonchev–Trinajstić information content (AvgIpc) is 2.65. The van der Waals surface area contributed by atoms with Crippen molar-refractivity contribution in [2.24, 2.45) is 17.4 Å². The van der Waals surface area contributed by atoms with E-state index < -0.39 is 0 Å². The molecule has 0 saturated heterocycles. The lowest BCUT2D eigenvalue weighted by molar-refractivity contribution is 0.261. The fraction of sp³-hybridized carbons (Fsp3) is 0.667. The van der Waals surface area contributed by atoms with Gasteiger partial charge in [0.2, 0.25) is 0 Å². The number of hydrogen-bond acceptors (Lipinski definition) is 3. The molecule has 15 heavy (non-hydrogen) atoms. The Morgan fingerprint density at radius 1 is 1.27 bits per heavy atom. The summed E-state index contributed by atoms with van der Waals surface area (Å²) >= 11 is 0. The molecule has 4 N–H and O–H groups in total. The van der Waals surface area contributed by atoms with Gasteiger partial charge in [-0.3, -0.25) is 0 Å². The first-order valence-electron chi connectivity index (χ1n) is 5.74. The standard InChI is InChI=1S/C12H20N2O/c1-8-2-7-11(15-8)12(14)9-3-5-10(13)6-4-9/h2,7,9-10,12H,3-6,13-14H2,1H3. The van der Waals surface area contributed by atoms with E-state index >= 15 is 0 Å². The third kappa shape index (κ3) is 2.41. The van der Waals surface area contributed by atoms with Crippen LogP contribution in [-0.2, 0) is 0 Å². The molecule has 1 aliphatic rings. The topological polar surface area (TPSA) is 65.2 Å². The molecular formula is C12H20N2O. The minimum absolute atomic E-state index is 0.0474. The molecule has 3 heteroatoms. The quantitative estimate of drug-likeness (QED) is 0.782. The highest BCUT2D eigenvalue weighted by molar-refractivity contribution is 5.10. The van der Waals surface area contributed by atoms with Crippen molar-refractivity contribution in [2.45, 2.75) is 44.7 Å². The molecule has 0 bridgehead atoms. The van der Waals surface area contributed by atoms with Crippen molar-refractivity contribution in [3.05, 3.63) is 23.7 Å². The molecule has 1 aromatic rings. The molecule has 1 fully saturated rings. The SMILES string of the molecule is Cc1ccc(C(N)C2CCC(N)CC2)o1. The second kappa shape index (κ2) is 4.37. The van der Waals surface area contributed by atoms with E-state index in [1.807, 2.05) is 19.1 Å². The zero-order valence-electron chi connectivity index (χ0n) is 9.28. The first-order chi connectivity index (χ1) is 7.16. The van der Waals surface area contributed by atoms with Crippen LogP contribution < -0.4 is 11.5 Å². The van der Waals surface area contributed by atoms with E-state index in [0.29, 0.717) is 12.0 Å². The molecule has 0 aromatic carbocycles. The van der Waals surface area contributed by atoms with Crippen molar-refractivity contribution < 1.29 is 4.42 Å². The van der Waals surface area contributed by atoms with Gasteiger partial charge in [-0.25, -0.2) is 0 Å². The average molecular weight is 208 g/mol. The minimum atomic E-state index is 0.0474. The van der Waals surface area contributed by atoms with Gasteiger partial charge in [-0.2, -0.15) is 0 Å². The number of rotatable bonds is 2. The lowest BCUT2D eigenvalue weighted by Crippen LogP contribution is -2.31. The van der Waals surface area contributed by atoms with Crippen LogP contribution >= 0.6 is 0 Å². The van der Waals surface area contributed by atoms with Crippen molar-refractivity contribution in [3.8, 4) is 0 Å². The van der Waals surface area contributed by atoms with Crippen LogP contribution in [0.25, 0.3) is 0 Å². The van der Waals surface area contributed by atoms with Crippen molar-refractivity contribution in [1.29, 1.82) is 0 Å². The summed E-state index contributed by atoms with van der Waals surface area (Å²) in [5.41, 5.74) is 12.1. The largest absolute Gasteiger partial charge is 0.465 e. The van der Waals surface area contributed by atoms with E-state index in [-0.39, 0.29) is 6.04 Å². The van der Waals surface area contributed by atoms with E-state index in [0.717, 1.165) is 37.2 Å². The van der Waals surface area contributed by atoms with Crippen molar-refractivity contribution >= 4 is 0 Å². The molecule has 0 amide bonds. The van der Waals surface area contributed by atoms with Crippen LogP contribution in [0, 0.1) is 12.8 Å². The Balaban J connectivity index is 1.99. The van der Waals surface area contributed by atoms with E-state index in [9.17, 15) is 0 Å². The Morgan fingerprint density at radius 2 is 1.93 bits per heavy atom. The zero-order chi connectivity index (χ0) is 10.8. The van der Waals surface area contributed by atoms with E-state index in [2.05, 4.69) is 0 Å². The van der Waals surface area contributed by atoms with Crippen molar-refractivity contribution in [3.63, 3.8) is 0 Å². The third-order valence-electron chi connectivity index (χ3n) is 3.41. The predicted octanol–water partition coefficient (Wildman–Crippen LogP) is 2.11. The molecule has 84 valence electrons. The van der Waals surface area contributed by atoms with Crippen LogP contribution in [0.5, 0.6) is 0 Å². The van der Waals surface area contributed by atoms with Crippen LogP contribution in [0.2, 0.25) is 0 Å². The highest BCUT2D eigenvalue weighted by atomic mass is 16.3. The zero-order valence-corrected chi connectivity index (χ0v) is 9.28. The highest BCUT2D eigenvalue weighted by Crippen LogP contribution is 2.33. The van der Waals surface area contributed by atoms with Gasteiger partial charge in [-0.05, 0) is 50.7 Å². The fourth-order valence-corrected chi connectivity index (χ4v) is 2.37. The van der Waals surface area contributed by atoms with Gasteiger partial charge in [-0.1, -0.05) is 0 Å². The lowest BCUT2D eigenvalue weighted by Gasteiger charge is -2.29. The van der Waals surface area contributed by atoms with Gasteiger partial charge < -0.3 is 15.9 Å². The number of aryl methyl sites for hydroxylation is 1. The van der Waals surface area contributed by atoms with Gasteiger partial charge >= 0.3 is 0 Å². The van der Waals surface area contributed by atoms with Gasteiger partial charge in [-0.15, -0.1) is 0 Å². The predicted molar refractivity (Wildman–Crippen MR) is 60.3 cm³/mol. The van der Waals surface area contributed by atoms with Crippen LogP contribution in [0.1, 0.15) is 43.2 Å². The molecule has 0 spiro atoms. The van der Waals surface area contributed by atoms with Crippen molar-refractivity contribution in [2.75, 3.05) is 0 Å². The Kier molecular flexibility index (Phi) is 3.12. The molecule has 1 aromatic heterocycles. The first kappa shape index (κ1) is 10.7. The number of hydrogen-bond donors (Lipinski definition) is 2. The normalized spacial score (nSPS) is 29.0. The summed E-state index contributed by atoms with van der Waals surface area (Å²) in [4.78, 5) is 0. The summed E-state index contributed by atoms with van der Waals surface area (Å²) in [7, 11) is 0. The Hall–Kier alpha value is -0.800. The van der Waals surface area contributed by atoms with E-state index in [4.69, 9.17) is 15.9 Å². The Labute approximate surface area is 90.8 Å². The fourth-order valence-electron chi connectivity index (χ4n) is 2.37. The maximum Gasteiger partial charge on any atom is 0.121 e. The summed E-state index contributed by atoms with van der Waals surface area (Å²) in [6, 6.07) is 4.40. The third-order valence-corrected chi connectivity index (χ3v) is 3.41. The molecule has 2 rings (SSSR count). The van der Waals surface area contributed by atoms with Gasteiger partial charge in [0.15, 0.2) is 0 Å². The van der Waals surface area contributed by atoms with Crippen LogP contribution in [0.3, 0.4) is 0 Å². The second-order valence-corrected chi connectivity index (χ2v) is 4.65. The lowest BCUT2D eigenvalue weighted by atomic mass is 9.81. The highest BCUT2D eigenvalue weighted by Gasteiger charge is 2.26. The molecule has 1 atom stereocenters. The summed E-state index contributed by atoms with van der Waals surface area (Å²) in [5, 5.41) is 0. The molecule has 1 heterocycles. The van der Waals surface area contributed by atoms with Crippen LogP contribution in [-0.4, -0.2) is 6.04 Å². The molecule has 1 saturated carbocycles. The molecule has 3 nitrogen and oxygen atoms in total. The molecule has 1 unspecified atom stereocenters. The molecule has 1 aliphatic carbocycles. The first-order valence-corrected chi connectivity index (χ1v) is 5.74. The Bertz CT molecular complexity index is 313. The summed E-state index contributed by atoms with van der Waals surface area (Å²) in [6.45, 7) is 1.95. The Morgan fingerprint density at radius 3 is 2.47 bits per heavy atom. The second-order valence-electron chi connectivity index (χ2n) is 4.65. The van der Waals surface area contributed by atoms with Gasteiger partial charge in [0.25, 0.3) is 0 Å². The van der Waals surface area contributed by atoms with Crippen LogP contribution in [0.15, 0.2) is 16.5 Å². The summed E-state index contributed by atoms with van der Waals surface area (Å²) in [5.74, 6) is 2.40. The molecule has 0 radical (unpaired) electrons. The van der Waals surface area contributed by atoms with Crippen LogP contribution in [0.4, 0.5) is 0 Å². The number of nitrogens with two attached hydrogens (primary N) is 2. The maximum absolute atomic E-state index is 6.19. The van der Waals surface area contributed by atoms with Crippen molar-refractivity contribution in [1.82, 2.24) is 0 Å². The summed E-state index contributed by atoms with van der Waals surface area (Å²) < 4.78 is 5.57.